The minimum absolute atomic E-state index is 0.0851. The van der Waals surface area contributed by atoms with Crippen LogP contribution in [0.2, 0.25) is 0 Å². The van der Waals surface area contributed by atoms with Crippen molar-refractivity contribution in [2.24, 2.45) is 0 Å². The molecule has 0 radical (unpaired) electrons. The summed E-state index contributed by atoms with van der Waals surface area (Å²) in [6.45, 7) is 4.12. The van der Waals surface area contributed by atoms with Crippen molar-refractivity contribution in [3.05, 3.63) is 77.0 Å². The van der Waals surface area contributed by atoms with E-state index in [4.69, 9.17) is 0 Å². The van der Waals surface area contributed by atoms with Gasteiger partial charge in [0, 0.05) is 11.1 Å². The first kappa shape index (κ1) is 18.3. The summed E-state index contributed by atoms with van der Waals surface area (Å²) in [6, 6.07) is 12.4. The van der Waals surface area contributed by atoms with Gasteiger partial charge in [0.05, 0.1) is 17.4 Å². The van der Waals surface area contributed by atoms with Gasteiger partial charge in [0.2, 0.25) is 0 Å². The third kappa shape index (κ3) is 3.70. The Bertz CT molecular complexity index is 949. The summed E-state index contributed by atoms with van der Waals surface area (Å²) in [5.41, 5.74) is 1.55. The highest BCUT2D eigenvalue weighted by molar-refractivity contribution is 7.94. The maximum atomic E-state index is 14.1. The molecule has 0 saturated carbocycles. The van der Waals surface area contributed by atoms with Crippen molar-refractivity contribution in [3.63, 3.8) is 0 Å². The normalized spacial score (nSPS) is 18.2. The summed E-state index contributed by atoms with van der Waals surface area (Å²) in [4.78, 5) is 14.4. The first-order chi connectivity index (χ1) is 12.3. The van der Waals surface area contributed by atoms with Crippen molar-refractivity contribution in [3.8, 4) is 0 Å². The van der Waals surface area contributed by atoms with Gasteiger partial charge in [0.25, 0.3) is 5.91 Å². The number of amides is 1. The van der Waals surface area contributed by atoms with E-state index in [0.29, 0.717) is 11.6 Å². The highest BCUT2D eigenvalue weighted by Gasteiger charge is 2.32. The number of halogens is 1. The lowest BCUT2D eigenvalue weighted by Gasteiger charge is -2.28. The Balaban J connectivity index is 2.04. The largest absolute Gasteiger partial charge is 0.300 e. The average molecular weight is 373 g/mol. The van der Waals surface area contributed by atoms with E-state index >= 15 is 0 Å². The molecule has 0 N–H and O–H groups in total. The molecule has 0 aromatic heterocycles. The van der Waals surface area contributed by atoms with E-state index in [1.165, 1.54) is 29.2 Å². The Morgan fingerprint density at radius 1 is 1.12 bits per heavy atom. The second-order valence-electron chi connectivity index (χ2n) is 6.63. The molecule has 4 nitrogen and oxygen atoms in total. The Morgan fingerprint density at radius 3 is 2.31 bits per heavy atom. The van der Waals surface area contributed by atoms with E-state index in [1.807, 2.05) is 12.1 Å². The third-order valence-electron chi connectivity index (χ3n) is 4.40. The van der Waals surface area contributed by atoms with Crippen LogP contribution in [0.5, 0.6) is 0 Å². The lowest BCUT2D eigenvalue weighted by Crippen LogP contribution is -2.41. The van der Waals surface area contributed by atoms with Gasteiger partial charge in [-0.1, -0.05) is 38.1 Å². The van der Waals surface area contributed by atoms with Gasteiger partial charge < -0.3 is 4.90 Å². The summed E-state index contributed by atoms with van der Waals surface area (Å²) >= 11 is 0. The molecule has 2 aromatic carbocycles. The highest BCUT2D eigenvalue weighted by atomic mass is 32.2. The van der Waals surface area contributed by atoms with E-state index < -0.39 is 27.6 Å². The molecule has 1 aliphatic heterocycles. The van der Waals surface area contributed by atoms with Crippen LogP contribution in [-0.4, -0.2) is 26.1 Å². The van der Waals surface area contributed by atoms with Crippen LogP contribution in [0.15, 0.2) is 60.0 Å². The van der Waals surface area contributed by atoms with Crippen molar-refractivity contribution in [2.45, 2.75) is 25.8 Å². The number of sulfone groups is 1. The molecule has 0 fully saturated rings. The fourth-order valence-electron chi connectivity index (χ4n) is 2.96. The van der Waals surface area contributed by atoms with Crippen molar-refractivity contribution in [2.75, 3.05) is 10.7 Å². The van der Waals surface area contributed by atoms with Crippen LogP contribution in [0.4, 0.5) is 10.1 Å². The molecule has 136 valence electrons. The molecule has 6 heteroatoms. The van der Waals surface area contributed by atoms with E-state index in [1.54, 1.807) is 18.2 Å². The number of rotatable bonds is 4. The number of hydrogen-bond acceptors (Lipinski definition) is 3. The minimum atomic E-state index is -3.36. The van der Waals surface area contributed by atoms with E-state index in [0.717, 1.165) is 11.0 Å². The molecular weight excluding hydrogens is 353 g/mol. The van der Waals surface area contributed by atoms with Gasteiger partial charge in [-0.3, -0.25) is 4.79 Å². The van der Waals surface area contributed by atoms with Crippen LogP contribution >= 0.6 is 0 Å². The predicted molar refractivity (Wildman–Crippen MR) is 100 cm³/mol. The predicted octanol–water partition coefficient (Wildman–Crippen LogP) is 3.91. The fourth-order valence-corrected chi connectivity index (χ4v) is 4.23. The Morgan fingerprint density at radius 2 is 1.77 bits per heavy atom. The number of anilines is 1. The van der Waals surface area contributed by atoms with Crippen molar-refractivity contribution < 1.29 is 17.6 Å². The van der Waals surface area contributed by atoms with Crippen LogP contribution in [0.3, 0.4) is 0 Å². The molecule has 1 atom stereocenters. The van der Waals surface area contributed by atoms with Gasteiger partial charge >= 0.3 is 0 Å². The van der Waals surface area contributed by atoms with Crippen LogP contribution in [-0.2, 0) is 9.84 Å². The third-order valence-corrected chi connectivity index (χ3v) is 5.78. The zero-order valence-corrected chi connectivity index (χ0v) is 15.4. The standard InChI is InChI=1S/C20H20FNO3S/c1-14(2)15-7-9-16(10-8-15)22(17-11-12-26(24,25)13-17)20(23)18-5-3-4-6-19(18)21/h3-12,14,17H,13H2,1-2H3. The second-order valence-corrected chi connectivity index (χ2v) is 8.56. The molecule has 3 rings (SSSR count). The first-order valence-electron chi connectivity index (χ1n) is 8.37. The summed E-state index contributed by atoms with van der Waals surface area (Å²) in [5, 5.41) is 1.11. The number of nitrogens with zero attached hydrogens (tertiary/aromatic N) is 1. The summed E-state index contributed by atoms with van der Waals surface area (Å²) in [5.74, 6) is -1.08. The molecule has 1 amide bonds. The molecule has 26 heavy (non-hydrogen) atoms. The van der Waals surface area contributed by atoms with Gasteiger partial charge in [-0.05, 0) is 41.8 Å². The molecule has 1 aliphatic rings. The van der Waals surface area contributed by atoms with Crippen molar-refractivity contribution in [1.82, 2.24) is 0 Å². The minimum Gasteiger partial charge on any atom is -0.300 e. The summed E-state index contributed by atoms with van der Waals surface area (Å²) < 4.78 is 37.8. The number of hydrogen-bond donors (Lipinski definition) is 0. The lowest BCUT2D eigenvalue weighted by atomic mass is 10.0. The van der Waals surface area contributed by atoms with E-state index in [-0.39, 0.29) is 11.3 Å². The van der Waals surface area contributed by atoms with Gasteiger partial charge in [-0.2, -0.15) is 0 Å². The molecular formula is C20H20FNO3S. The molecule has 2 aromatic rings. The molecule has 1 unspecified atom stereocenters. The first-order valence-corrected chi connectivity index (χ1v) is 10.1. The molecule has 0 aliphatic carbocycles. The Hall–Kier alpha value is -2.47. The van der Waals surface area contributed by atoms with E-state index in [9.17, 15) is 17.6 Å². The molecule has 0 spiro atoms. The molecule has 0 saturated heterocycles. The van der Waals surface area contributed by atoms with Gasteiger partial charge in [0.15, 0.2) is 9.84 Å². The Kier molecular flexibility index (Phi) is 4.96. The lowest BCUT2D eigenvalue weighted by molar-refractivity contribution is 0.0979. The van der Waals surface area contributed by atoms with Crippen LogP contribution in [0.25, 0.3) is 0 Å². The topological polar surface area (TPSA) is 54.5 Å². The van der Waals surface area contributed by atoms with Crippen LogP contribution < -0.4 is 4.90 Å². The summed E-state index contributed by atoms with van der Waals surface area (Å²) in [7, 11) is -3.36. The quantitative estimate of drug-likeness (QED) is 0.817. The van der Waals surface area contributed by atoms with Crippen LogP contribution in [0, 0.1) is 5.82 Å². The summed E-state index contributed by atoms with van der Waals surface area (Å²) in [6.07, 6.45) is 1.48. The number of carbonyl (C=O) groups excluding carboxylic acids is 1. The Labute approximate surface area is 152 Å². The maximum Gasteiger partial charge on any atom is 0.261 e. The molecule has 1 heterocycles. The zero-order valence-electron chi connectivity index (χ0n) is 14.6. The van der Waals surface area contributed by atoms with Crippen molar-refractivity contribution in [1.29, 1.82) is 0 Å². The second kappa shape index (κ2) is 7.03. The monoisotopic (exact) mass is 373 g/mol. The highest BCUT2D eigenvalue weighted by Crippen LogP contribution is 2.27. The fraction of sp³-hybridized carbons (Fsp3) is 0.250. The van der Waals surface area contributed by atoms with Gasteiger partial charge in [-0.25, -0.2) is 12.8 Å². The van der Waals surface area contributed by atoms with Gasteiger partial charge in [0.1, 0.15) is 5.82 Å². The van der Waals surface area contributed by atoms with Crippen LogP contribution in [0.1, 0.15) is 35.7 Å². The maximum absolute atomic E-state index is 14.1. The van der Waals surface area contributed by atoms with Crippen molar-refractivity contribution >= 4 is 21.4 Å². The smallest absolute Gasteiger partial charge is 0.261 e. The van der Waals surface area contributed by atoms with E-state index in [2.05, 4.69) is 13.8 Å². The number of benzene rings is 2. The van der Waals surface area contributed by atoms with Gasteiger partial charge in [-0.15, -0.1) is 0 Å². The SMILES string of the molecule is CC(C)c1ccc(N(C(=O)c2ccccc2F)C2C=CS(=O)(=O)C2)cc1. The zero-order chi connectivity index (χ0) is 18.9. The number of carbonyl (C=O) groups is 1. The molecule has 0 bridgehead atoms. The average Bonchev–Trinajstić information content (AvgIpc) is 2.95.